The Morgan fingerprint density at radius 1 is 1.37 bits per heavy atom. The number of fused-ring (bicyclic) bond motifs is 1. The van der Waals surface area contributed by atoms with Gasteiger partial charge in [-0.1, -0.05) is 0 Å². The number of likely N-dealkylation sites (N-methyl/N-ethyl adjacent to an activating group) is 1. The second kappa shape index (κ2) is 5.83. The molecule has 1 atom stereocenters. The fourth-order valence-electron chi connectivity index (χ4n) is 3.11. The van der Waals surface area contributed by atoms with Gasteiger partial charge < -0.3 is 15.0 Å². The van der Waals surface area contributed by atoms with Crippen LogP contribution in [0.2, 0.25) is 0 Å². The van der Waals surface area contributed by atoms with Crippen molar-refractivity contribution < 1.29 is 4.74 Å². The van der Waals surface area contributed by atoms with Crippen molar-refractivity contribution in [3.8, 4) is 0 Å². The average Bonchev–Trinajstić information content (AvgIpc) is 2.97. The van der Waals surface area contributed by atoms with Gasteiger partial charge in [0.25, 0.3) is 0 Å². The van der Waals surface area contributed by atoms with E-state index in [1.165, 1.54) is 42.6 Å². The molecule has 0 bridgehead atoms. The molecule has 3 heteroatoms. The van der Waals surface area contributed by atoms with Crippen LogP contribution in [-0.2, 0) is 11.2 Å². The largest absolute Gasteiger partial charge is 0.385 e. The topological polar surface area (TPSA) is 24.5 Å². The Morgan fingerprint density at radius 2 is 2.32 bits per heavy atom. The first-order chi connectivity index (χ1) is 9.36. The van der Waals surface area contributed by atoms with E-state index in [0.717, 1.165) is 26.2 Å². The molecule has 104 valence electrons. The number of anilines is 2. The summed E-state index contributed by atoms with van der Waals surface area (Å²) in [6, 6.07) is 6.84. The third kappa shape index (κ3) is 2.86. The molecule has 1 unspecified atom stereocenters. The van der Waals surface area contributed by atoms with Crippen LogP contribution in [0, 0.1) is 0 Å². The average molecular weight is 260 g/mol. The fraction of sp³-hybridized carbons (Fsp3) is 0.625. The highest BCUT2D eigenvalue weighted by Crippen LogP contribution is 2.28. The summed E-state index contributed by atoms with van der Waals surface area (Å²) in [6.45, 7) is 6.36. The third-order valence-corrected chi connectivity index (χ3v) is 4.22. The van der Waals surface area contributed by atoms with Gasteiger partial charge in [0, 0.05) is 37.6 Å². The summed E-state index contributed by atoms with van der Waals surface area (Å²) in [5, 5.41) is 3.48. The molecule has 19 heavy (non-hydrogen) atoms. The Morgan fingerprint density at radius 3 is 3.11 bits per heavy atom. The van der Waals surface area contributed by atoms with Gasteiger partial charge in [0.1, 0.15) is 0 Å². The number of hydrogen-bond donors (Lipinski definition) is 1. The zero-order chi connectivity index (χ0) is 13.1. The van der Waals surface area contributed by atoms with Gasteiger partial charge in [-0.2, -0.15) is 0 Å². The SMILES string of the molecule is CCN(CC1CCCO1)c1ccc2c(c1)CCCN2. The molecule has 0 radical (unpaired) electrons. The van der Waals surface area contributed by atoms with E-state index < -0.39 is 0 Å². The first kappa shape index (κ1) is 12.8. The molecule has 3 nitrogen and oxygen atoms in total. The number of nitrogens with one attached hydrogen (secondary N) is 1. The van der Waals surface area contributed by atoms with Crippen molar-refractivity contribution >= 4 is 11.4 Å². The van der Waals surface area contributed by atoms with Crippen molar-refractivity contribution in [3.63, 3.8) is 0 Å². The van der Waals surface area contributed by atoms with Crippen molar-refractivity contribution in [2.45, 2.75) is 38.7 Å². The zero-order valence-electron chi connectivity index (χ0n) is 11.8. The first-order valence-electron chi connectivity index (χ1n) is 7.60. The predicted octanol–water partition coefficient (Wildman–Crippen LogP) is 3.05. The van der Waals surface area contributed by atoms with Crippen molar-refractivity contribution in [2.24, 2.45) is 0 Å². The minimum absolute atomic E-state index is 0.425. The highest BCUT2D eigenvalue weighted by Gasteiger charge is 2.19. The Labute approximate surface area is 115 Å². The number of hydrogen-bond acceptors (Lipinski definition) is 3. The maximum Gasteiger partial charge on any atom is 0.0750 e. The lowest BCUT2D eigenvalue weighted by Gasteiger charge is -2.28. The Bertz CT molecular complexity index is 427. The monoisotopic (exact) mass is 260 g/mol. The molecule has 3 rings (SSSR count). The van der Waals surface area contributed by atoms with E-state index in [4.69, 9.17) is 4.74 Å². The molecule has 0 aliphatic carbocycles. The van der Waals surface area contributed by atoms with E-state index >= 15 is 0 Å². The van der Waals surface area contributed by atoms with Crippen LogP contribution in [0.15, 0.2) is 18.2 Å². The lowest BCUT2D eigenvalue weighted by atomic mass is 10.0. The lowest BCUT2D eigenvalue weighted by Crippen LogP contribution is -2.32. The second-order valence-corrected chi connectivity index (χ2v) is 5.55. The maximum atomic E-state index is 5.77. The van der Waals surface area contributed by atoms with Crippen LogP contribution < -0.4 is 10.2 Å². The van der Waals surface area contributed by atoms with E-state index in [1.807, 2.05) is 0 Å². The van der Waals surface area contributed by atoms with E-state index in [0.29, 0.717) is 6.10 Å². The summed E-state index contributed by atoms with van der Waals surface area (Å²) in [6.07, 6.45) is 5.30. The number of rotatable bonds is 4. The molecule has 2 aliphatic heterocycles. The van der Waals surface area contributed by atoms with E-state index in [1.54, 1.807) is 0 Å². The van der Waals surface area contributed by atoms with Crippen molar-refractivity contribution in [1.82, 2.24) is 0 Å². The Kier molecular flexibility index (Phi) is 3.92. The quantitative estimate of drug-likeness (QED) is 0.900. The molecule has 1 N–H and O–H groups in total. The minimum atomic E-state index is 0.425. The van der Waals surface area contributed by atoms with Gasteiger partial charge in [-0.05, 0) is 56.4 Å². The summed E-state index contributed by atoms with van der Waals surface area (Å²) >= 11 is 0. The summed E-state index contributed by atoms with van der Waals surface area (Å²) < 4.78 is 5.77. The van der Waals surface area contributed by atoms with Crippen LogP contribution in [0.25, 0.3) is 0 Å². The standard InChI is InChI=1S/C16H24N2O/c1-2-18(12-15-6-4-10-19-15)14-7-8-16-13(11-14)5-3-9-17-16/h7-8,11,15,17H,2-6,9-10,12H2,1H3. The van der Waals surface area contributed by atoms with Crippen LogP contribution in [0.1, 0.15) is 31.7 Å². The van der Waals surface area contributed by atoms with Gasteiger partial charge in [-0.15, -0.1) is 0 Å². The van der Waals surface area contributed by atoms with Crippen LogP contribution in [0.3, 0.4) is 0 Å². The molecule has 0 amide bonds. The third-order valence-electron chi connectivity index (χ3n) is 4.22. The molecule has 2 heterocycles. The zero-order valence-corrected chi connectivity index (χ0v) is 11.8. The minimum Gasteiger partial charge on any atom is -0.385 e. The molecule has 1 fully saturated rings. The summed E-state index contributed by atoms with van der Waals surface area (Å²) in [5.74, 6) is 0. The van der Waals surface area contributed by atoms with Gasteiger partial charge in [-0.3, -0.25) is 0 Å². The molecule has 1 saturated heterocycles. The number of ether oxygens (including phenoxy) is 1. The van der Waals surface area contributed by atoms with Gasteiger partial charge in [0.2, 0.25) is 0 Å². The molecule has 0 spiro atoms. The van der Waals surface area contributed by atoms with Crippen molar-refractivity contribution in [1.29, 1.82) is 0 Å². The first-order valence-corrected chi connectivity index (χ1v) is 7.60. The molecular weight excluding hydrogens is 236 g/mol. The predicted molar refractivity (Wildman–Crippen MR) is 80.1 cm³/mol. The number of benzene rings is 1. The van der Waals surface area contributed by atoms with Crippen LogP contribution in [0.4, 0.5) is 11.4 Å². The smallest absolute Gasteiger partial charge is 0.0750 e. The molecule has 2 aliphatic rings. The second-order valence-electron chi connectivity index (χ2n) is 5.55. The molecular formula is C16H24N2O. The molecule has 0 aromatic heterocycles. The van der Waals surface area contributed by atoms with Crippen molar-refractivity contribution in [2.75, 3.05) is 36.5 Å². The fourth-order valence-corrected chi connectivity index (χ4v) is 3.11. The summed E-state index contributed by atoms with van der Waals surface area (Å²) in [5.41, 5.74) is 4.14. The van der Waals surface area contributed by atoms with Gasteiger partial charge in [0.15, 0.2) is 0 Å². The molecule has 1 aromatic carbocycles. The van der Waals surface area contributed by atoms with Gasteiger partial charge in [0.05, 0.1) is 6.10 Å². The number of nitrogens with zero attached hydrogens (tertiary/aromatic N) is 1. The summed E-state index contributed by atoms with van der Waals surface area (Å²) in [7, 11) is 0. The van der Waals surface area contributed by atoms with Crippen LogP contribution >= 0.6 is 0 Å². The highest BCUT2D eigenvalue weighted by molar-refractivity contribution is 5.61. The highest BCUT2D eigenvalue weighted by atomic mass is 16.5. The van der Waals surface area contributed by atoms with Crippen molar-refractivity contribution in [3.05, 3.63) is 23.8 Å². The van der Waals surface area contributed by atoms with E-state index in [2.05, 4.69) is 35.3 Å². The summed E-state index contributed by atoms with van der Waals surface area (Å²) in [4.78, 5) is 2.45. The maximum absolute atomic E-state index is 5.77. The molecule has 1 aromatic rings. The Balaban J connectivity index is 1.74. The van der Waals surface area contributed by atoms with Gasteiger partial charge in [-0.25, -0.2) is 0 Å². The van der Waals surface area contributed by atoms with E-state index in [-0.39, 0.29) is 0 Å². The van der Waals surface area contributed by atoms with E-state index in [9.17, 15) is 0 Å². The number of aryl methyl sites for hydroxylation is 1. The van der Waals surface area contributed by atoms with Crippen LogP contribution in [-0.4, -0.2) is 32.3 Å². The molecule has 0 saturated carbocycles. The Hall–Kier alpha value is -1.22. The van der Waals surface area contributed by atoms with Crippen LogP contribution in [0.5, 0.6) is 0 Å². The normalized spacial score (nSPS) is 21.8. The lowest BCUT2D eigenvalue weighted by molar-refractivity contribution is 0.115. The van der Waals surface area contributed by atoms with Gasteiger partial charge >= 0.3 is 0 Å².